The zero-order valence-electron chi connectivity index (χ0n) is 13.3. The molecule has 2 N–H and O–H groups in total. The van der Waals surface area contributed by atoms with Crippen LogP contribution in [0.3, 0.4) is 0 Å². The molecule has 0 aliphatic heterocycles. The van der Waals surface area contributed by atoms with Crippen LogP contribution >= 0.6 is 15.9 Å². The lowest BCUT2D eigenvalue weighted by atomic mass is 10.1. The van der Waals surface area contributed by atoms with Gasteiger partial charge in [-0.05, 0) is 53.4 Å². The quantitative estimate of drug-likeness (QED) is 0.753. The second kappa shape index (κ2) is 8.19. The minimum absolute atomic E-state index is 0.145. The van der Waals surface area contributed by atoms with E-state index in [2.05, 4.69) is 26.2 Å². The Morgan fingerprint density at radius 1 is 1.32 bits per heavy atom. The molecule has 134 valence electrons. The van der Waals surface area contributed by atoms with Crippen LogP contribution in [0.1, 0.15) is 18.9 Å². The Bertz CT molecular complexity index is 895. The van der Waals surface area contributed by atoms with Crippen LogP contribution in [0.5, 0.6) is 0 Å². The highest BCUT2D eigenvalue weighted by Gasteiger charge is 2.11. The van der Waals surface area contributed by atoms with E-state index in [4.69, 9.17) is 0 Å². The van der Waals surface area contributed by atoms with Gasteiger partial charge >= 0.3 is 5.69 Å². The van der Waals surface area contributed by atoms with Gasteiger partial charge in [-0.25, -0.2) is 13.6 Å². The first-order valence-corrected chi connectivity index (χ1v) is 8.28. The Labute approximate surface area is 150 Å². The summed E-state index contributed by atoms with van der Waals surface area (Å²) in [4.78, 5) is 37.0. The number of halogens is 3. The summed E-state index contributed by atoms with van der Waals surface area (Å²) in [7, 11) is 0. The minimum Gasteiger partial charge on any atom is -0.352 e. The van der Waals surface area contributed by atoms with Gasteiger partial charge in [0, 0.05) is 12.2 Å². The molecule has 0 fully saturated rings. The van der Waals surface area contributed by atoms with Crippen LogP contribution in [0.2, 0.25) is 0 Å². The summed E-state index contributed by atoms with van der Waals surface area (Å²) in [5, 5.41) is 2.71. The maximum atomic E-state index is 13.1. The molecule has 1 aromatic carbocycles. The van der Waals surface area contributed by atoms with E-state index in [-0.39, 0.29) is 17.1 Å². The molecule has 2 aromatic rings. The van der Waals surface area contributed by atoms with Crippen LogP contribution in [0.15, 0.2) is 38.5 Å². The highest BCUT2D eigenvalue weighted by Crippen LogP contribution is 2.11. The number of H-pyrrole nitrogens is 1. The van der Waals surface area contributed by atoms with Gasteiger partial charge in [0.25, 0.3) is 5.56 Å². The van der Waals surface area contributed by atoms with Gasteiger partial charge in [0.2, 0.25) is 5.91 Å². The summed E-state index contributed by atoms with van der Waals surface area (Å²) < 4.78 is 27.2. The number of benzene rings is 1. The van der Waals surface area contributed by atoms with E-state index in [9.17, 15) is 23.2 Å². The van der Waals surface area contributed by atoms with E-state index < -0.39 is 28.8 Å². The van der Waals surface area contributed by atoms with Crippen LogP contribution in [0, 0.1) is 11.6 Å². The summed E-state index contributed by atoms with van der Waals surface area (Å²) in [5.41, 5.74) is -0.625. The second-order valence-corrected chi connectivity index (χ2v) is 6.47. The van der Waals surface area contributed by atoms with E-state index in [1.165, 1.54) is 12.3 Å². The summed E-state index contributed by atoms with van der Waals surface area (Å²) in [5.74, 6) is -2.21. The van der Waals surface area contributed by atoms with Crippen LogP contribution in [0.4, 0.5) is 8.78 Å². The van der Waals surface area contributed by atoms with Crippen molar-refractivity contribution >= 4 is 21.8 Å². The third-order valence-electron chi connectivity index (χ3n) is 3.54. The van der Waals surface area contributed by atoms with E-state index in [1.807, 2.05) is 0 Å². The number of nitrogens with zero attached hydrogens (tertiary/aromatic N) is 1. The molecule has 0 spiro atoms. The molecule has 2 rings (SSSR count). The van der Waals surface area contributed by atoms with E-state index >= 15 is 0 Å². The smallest absolute Gasteiger partial charge is 0.328 e. The van der Waals surface area contributed by atoms with Crippen LogP contribution < -0.4 is 16.6 Å². The molecule has 0 bridgehead atoms. The zero-order chi connectivity index (χ0) is 18.6. The first-order chi connectivity index (χ1) is 11.8. The molecule has 1 heterocycles. The maximum absolute atomic E-state index is 13.1. The van der Waals surface area contributed by atoms with Gasteiger partial charge < -0.3 is 5.32 Å². The lowest BCUT2D eigenvalue weighted by Gasteiger charge is -2.14. The van der Waals surface area contributed by atoms with Crippen molar-refractivity contribution in [2.45, 2.75) is 32.4 Å². The van der Waals surface area contributed by atoms with Gasteiger partial charge in [0.15, 0.2) is 11.6 Å². The Hall–Kier alpha value is -2.29. The largest absolute Gasteiger partial charge is 0.352 e. The Balaban J connectivity index is 1.89. The third kappa shape index (κ3) is 5.35. The lowest BCUT2D eigenvalue weighted by Crippen LogP contribution is -2.39. The van der Waals surface area contributed by atoms with E-state index in [0.29, 0.717) is 18.4 Å². The monoisotopic (exact) mass is 415 g/mol. The standard InChI is InChI=1S/C16H16BrF2N3O3/c1-9(2-3-10-4-5-12(18)13(19)6-10)20-14(23)8-22-7-11(17)15(24)21-16(22)25/h4-7,9H,2-3,8H2,1H3,(H,20,23)(H,21,24,25). The highest BCUT2D eigenvalue weighted by atomic mass is 79.9. The minimum atomic E-state index is -0.905. The summed E-state index contributed by atoms with van der Waals surface area (Å²) >= 11 is 2.99. The molecule has 0 saturated heterocycles. The summed E-state index contributed by atoms with van der Waals surface area (Å²) in [6.07, 6.45) is 2.22. The molecular formula is C16H16BrF2N3O3. The molecule has 1 atom stereocenters. The van der Waals surface area contributed by atoms with Crippen molar-refractivity contribution in [2.75, 3.05) is 0 Å². The lowest BCUT2D eigenvalue weighted by molar-refractivity contribution is -0.122. The average Bonchev–Trinajstić information content (AvgIpc) is 2.53. The molecule has 1 aromatic heterocycles. The fourth-order valence-electron chi connectivity index (χ4n) is 2.23. The molecular weight excluding hydrogens is 400 g/mol. The number of rotatable bonds is 6. The molecule has 6 nitrogen and oxygen atoms in total. The number of aromatic amines is 1. The molecule has 25 heavy (non-hydrogen) atoms. The third-order valence-corrected chi connectivity index (χ3v) is 4.10. The Kier molecular flexibility index (Phi) is 6.24. The van der Waals surface area contributed by atoms with E-state index in [0.717, 1.165) is 16.7 Å². The summed E-state index contributed by atoms with van der Waals surface area (Å²) in [6.45, 7) is 1.52. The number of hydrogen-bond donors (Lipinski definition) is 2. The first kappa shape index (κ1) is 19.0. The van der Waals surface area contributed by atoms with Gasteiger partial charge in [-0.2, -0.15) is 0 Å². The molecule has 1 unspecified atom stereocenters. The van der Waals surface area contributed by atoms with Crippen molar-refractivity contribution in [1.82, 2.24) is 14.9 Å². The Morgan fingerprint density at radius 2 is 2.04 bits per heavy atom. The number of hydrogen-bond acceptors (Lipinski definition) is 3. The maximum Gasteiger partial charge on any atom is 0.328 e. The van der Waals surface area contributed by atoms with Gasteiger partial charge in [0.05, 0.1) is 4.47 Å². The van der Waals surface area contributed by atoms with Crippen molar-refractivity contribution < 1.29 is 13.6 Å². The number of aryl methyl sites for hydroxylation is 1. The van der Waals surface area contributed by atoms with Crippen molar-refractivity contribution in [1.29, 1.82) is 0 Å². The molecule has 0 aliphatic rings. The fraction of sp³-hybridized carbons (Fsp3) is 0.312. The van der Waals surface area contributed by atoms with Crippen molar-refractivity contribution in [3.8, 4) is 0 Å². The van der Waals surface area contributed by atoms with Crippen LogP contribution in [-0.4, -0.2) is 21.5 Å². The van der Waals surface area contributed by atoms with Gasteiger partial charge in [0.1, 0.15) is 6.54 Å². The number of carbonyl (C=O) groups is 1. The number of nitrogens with one attached hydrogen (secondary N) is 2. The topological polar surface area (TPSA) is 84.0 Å². The second-order valence-electron chi connectivity index (χ2n) is 5.62. The molecule has 9 heteroatoms. The Morgan fingerprint density at radius 3 is 2.72 bits per heavy atom. The van der Waals surface area contributed by atoms with Crippen LogP contribution in [0.25, 0.3) is 0 Å². The zero-order valence-corrected chi connectivity index (χ0v) is 14.9. The van der Waals surface area contributed by atoms with Crippen molar-refractivity contribution in [3.05, 3.63) is 66.9 Å². The number of carbonyl (C=O) groups excluding carboxylic acids is 1. The molecule has 0 saturated carbocycles. The van der Waals surface area contributed by atoms with Crippen LogP contribution in [-0.2, 0) is 17.8 Å². The number of aromatic nitrogens is 2. The van der Waals surface area contributed by atoms with Gasteiger partial charge in [-0.3, -0.25) is 19.1 Å². The predicted octanol–water partition coefficient (Wildman–Crippen LogP) is 1.71. The van der Waals surface area contributed by atoms with Crippen molar-refractivity contribution in [3.63, 3.8) is 0 Å². The van der Waals surface area contributed by atoms with Gasteiger partial charge in [-0.15, -0.1) is 0 Å². The van der Waals surface area contributed by atoms with E-state index in [1.54, 1.807) is 6.92 Å². The van der Waals surface area contributed by atoms with Crippen molar-refractivity contribution in [2.24, 2.45) is 0 Å². The predicted molar refractivity (Wildman–Crippen MR) is 91.3 cm³/mol. The average molecular weight is 416 g/mol. The highest BCUT2D eigenvalue weighted by molar-refractivity contribution is 9.10. The number of amides is 1. The fourth-order valence-corrected chi connectivity index (χ4v) is 2.57. The first-order valence-electron chi connectivity index (χ1n) is 7.49. The molecule has 1 amide bonds. The SMILES string of the molecule is CC(CCc1ccc(F)c(F)c1)NC(=O)Cn1cc(Br)c(=O)[nH]c1=O. The summed E-state index contributed by atoms with van der Waals surface area (Å²) in [6, 6.07) is 3.45. The van der Waals surface area contributed by atoms with Gasteiger partial charge in [-0.1, -0.05) is 6.07 Å². The molecule has 0 aliphatic carbocycles. The normalized spacial score (nSPS) is 12.0. The molecule has 0 radical (unpaired) electrons.